The van der Waals surface area contributed by atoms with E-state index in [2.05, 4.69) is 12.6 Å². The van der Waals surface area contributed by atoms with Gasteiger partial charge < -0.3 is 4.74 Å². The molecule has 0 aliphatic carbocycles. The molecule has 2 heterocycles. The molecule has 0 aromatic heterocycles. The molecule has 1 fully saturated rings. The van der Waals surface area contributed by atoms with Gasteiger partial charge in [0.15, 0.2) is 6.10 Å². The minimum atomic E-state index is -0.273. The summed E-state index contributed by atoms with van der Waals surface area (Å²) in [5.41, 5.74) is 3.11. The number of anilines is 1. The first kappa shape index (κ1) is 12.2. The fraction of sp³-hybridized carbons (Fsp3) is 0.167. The van der Waals surface area contributed by atoms with Crippen LogP contribution in [0, 0.1) is 0 Å². The number of hydrogen-bond acceptors (Lipinski definition) is 2. The summed E-state index contributed by atoms with van der Waals surface area (Å²) in [6, 6.07) is 17.9. The molecule has 0 bridgehead atoms. The van der Waals surface area contributed by atoms with E-state index in [0.717, 1.165) is 16.8 Å². The van der Waals surface area contributed by atoms with Crippen molar-refractivity contribution in [2.24, 2.45) is 0 Å². The van der Waals surface area contributed by atoms with Crippen LogP contribution in [0.15, 0.2) is 67.3 Å². The third-order valence-electron chi connectivity index (χ3n) is 4.34. The highest BCUT2D eigenvalue weighted by Gasteiger charge is 2.52. The quantitative estimate of drug-likeness (QED) is 0.775. The lowest BCUT2D eigenvalue weighted by atomic mass is 9.89. The molecule has 3 nitrogen and oxygen atoms in total. The molecule has 2 aromatic rings. The van der Waals surface area contributed by atoms with Crippen molar-refractivity contribution in [2.45, 2.75) is 18.1 Å². The summed E-state index contributed by atoms with van der Waals surface area (Å²) >= 11 is 0. The van der Waals surface area contributed by atoms with Gasteiger partial charge in [-0.05, 0) is 17.2 Å². The van der Waals surface area contributed by atoms with Gasteiger partial charge in [0.05, 0.1) is 11.7 Å². The van der Waals surface area contributed by atoms with Gasteiger partial charge in [0.1, 0.15) is 0 Å². The zero-order valence-corrected chi connectivity index (χ0v) is 11.5. The fourth-order valence-corrected chi connectivity index (χ4v) is 3.45. The molecule has 1 amide bonds. The first-order valence-electron chi connectivity index (χ1n) is 7.07. The molecule has 0 spiro atoms. The Balaban J connectivity index is 1.84. The molecule has 0 saturated carbocycles. The van der Waals surface area contributed by atoms with Crippen LogP contribution in [0.1, 0.15) is 23.1 Å². The van der Waals surface area contributed by atoms with Crippen molar-refractivity contribution in [3.05, 3.63) is 78.4 Å². The van der Waals surface area contributed by atoms with Crippen LogP contribution in [0.3, 0.4) is 0 Å². The molecular weight excluding hydrogens is 262 g/mol. The molecule has 1 saturated heterocycles. The predicted octanol–water partition coefficient (Wildman–Crippen LogP) is 4.04. The molecule has 2 aliphatic heterocycles. The molecule has 0 unspecified atom stereocenters. The molecule has 2 aromatic carbocycles. The first-order chi connectivity index (χ1) is 10.3. The summed E-state index contributed by atoms with van der Waals surface area (Å²) in [6.45, 7) is 3.96. The molecule has 3 atom stereocenters. The number of nitrogens with zero attached hydrogens (tertiary/aromatic N) is 1. The summed E-state index contributed by atoms with van der Waals surface area (Å²) in [6.07, 6.45) is 1.39. The zero-order chi connectivity index (χ0) is 14.4. The average molecular weight is 277 g/mol. The number of cyclic esters (lactones) is 1. The number of carbonyl (C=O) groups is 1. The Hall–Kier alpha value is -2.55. The van der Waals surface area contributed by atoms with Crippen LogP contribution < -0.4 is 4.90 Å². The van der Waals surface area contributed by atoms with E-state index in [9.17, 15) is 4.79 Å². The average Bonchev–Trinajstić information content (AvgIpc) is 3.04. The van der Waals surface area contributed by atoms with E-state index in [-0.39, 0.29) is 24.2 Å². The van der Waals surface area contributed by atoms with Crippen molar-refractivity contribution in [1.29, 1.82) is 0 Å². The summed E-state index contributed by atoms with van der Waals surface area (Å²) < 4.78 is 5.64. The number of amides is 1. The molecule has 3 heteroatoms. The maximum Gasteiger partial charge on any atom is 0.415 e. The highest BCUT2D eigenvalue weighted by atomic mass is 16.6. The number of rotatable bonds is 2. The van der Waals surface area contributed by atoms with Crippen molar-refractivity contribution in [2.75, 3.05) is 4.90 Å². The summed E-state index contributed by atoms with van der Waals surface area (Å²) in [5, 5.41) is 0. The smallest absolute Gasteiger partial charge is 0.415 e. The van der Waals surface area contributed by atoms with Gasteiger partial charge in [0, 0.05) is 5.92 Å². The van der Waals surface area contributed by atoms with Crippen molar-refractivity contribution < 1.29 is 9.53 Å². The second-order valence-electron chi connectivity index (χ2n) is 5.40. The topological polar surface area (TPSA) is 29.5 Å². The maximum absolute atomic E-state index is 12.3. The van der Waals surface area contributed by atoms with Crippen molar-refractivity contribution in [3.63, 3.8) is 0 Å². The minimum absolute atomic E-state index is 0.0465. The first-order valence-corrected chi connectivity index (χ1v) is 7.07. The second kappa shape index (κ2) is 4.48. The van der Waals surface area contributed by atoms with Gasteiger partial charge >= 0.3 is 6.09 Å². The number of fused-ring (bicyclic) bond motifs is 3. The lowest BCUT2D eigenvalue weighted by Crippen LogP contribution is -2.32. The monoisotopic (exact) mass is 277 g/mol. The molecule has 4 rings (SSSR count). The minimum Gasteiger partial charge on any atom is -0.439 e. The van der Waals surface area contributed by atoms with E-state index < -0.39 is 0 Å². The Morgan fingerprint density at radius 2 is 1.76 bits per heavy atom. The standard InChI is InChI=1S/C18H15NO2/c1-2-13-14-10-6-7-11-15(14)19-16(13)17(21-18(19)20)12-8-4-3-5-9-12/h2-11,13,16-17H,1H2/t13-,16-,17-/m1/s1. The Labute approximate surface area is 123 Å². The van der Waals surface area contributed by atoms with E-state index in [1.54, 1.807) is 4.90 Å². The molecular formula is C18H15NO2. The summed E-state index contributed by atoms with van der Waals surface area (Å²) in [4.78, 5) is 14.1. The summed E-state index contributed by atoms with van der Waals surface area (Å²) in [5.74, 6) is 0.0952. The highest BCUT2D eigenvalue weighted by Crippen LogP contribution is 2.50. The van der Waals surface area contributed by atoms with Gasteiger partial charge in [-0.25, -0.2) is 4.79 Å². The van der Waals surface area contributed by atoms with Crippen molar-refractivity contribution in [1.82, 2.24) is 0 Å². The maximum atomic E-state index is 12.3. The molecule has 0 radical (unpaired) electrons. The van der Waals surface area contributed by atoms with E-state index in [1.165, 1.54) is 0 Å². The number of carbonyl (C=O) groups excluding carboxylic acids is 1. The normalized spacial score (nSPS) is 26.2. The van der Waals surface area contributed by atoms with Crippen LogP contribution >= 0.6 is 0 Å². The van der Waals surface area contributed by atoms with E-state index in [4.69, 9.17) is 4.74 Å². The molecule has 0 N–H and O–H groups in total. The van der Waals surface area contributed by atoms with Crippen LogP contribution in [0.4, 0.5) is 10.5 Å². The van der Waals surface area contributed by atoms with Crippen molar-refractivity contribution in [3.8, 4) is 0 Å². The SMILES string of the molecule is C=C[C@@H]1c2ccccc2N2C(=O)O[C@H](c3ccccc3)[C@@H]12. The van der Waals surface area contributed by atoms with Gasteiger partial charge in [-0.3, -0.25) is 4.90 Å². The van der Waals surface area contributed by atoms with E-state index in [1.807, 2.05) is 54.6 Å². The molecule has 104 valence electrons. The van der Waals surface area contributed by atoms with Gasteiger partial charge in [-0.15, -0.1) is 6.58 Å². The zero-order valence-electron chi connectivity index (χ0n) is 11.5. The van der Waals surface area contributed by atoms with Crippen LogP contribution in [0.2, 0.25) is 0 Å². The van der Waals surface area contributed by atoms with Gasteiger partial charge in [0.25, 0.3) is 0 Å². The fourth-order valence-electron chi connectivity index (χ4n) is 3.45. The number of ether oxygens (including phenoxy) is 1. The van der Waals surface area contributed by atoms with Crippen LogP contribution in [-0.2, 0) is 4.74 Å². The molecule has 2 aliphatic rings. The highest BCUT2D eigenvalue weighted by molar-refractivity contribution is 5.94. The second-order valence-corrected chi connectivity index (χ2v) is 5.40. The van der Waals surface area contributed by atoms with Gasteiger partial charge in [0.2, 0.25) is 0 Å². The largest absolute Gasteiger partial charge is 0.439 e. The predicted molar refractivity (Wildman–Crippen MR) is 81.3 cm³/mol. The van der Waals surface area contributed by atoms with Crippen LogP contribution in [0.25, 0.3) is 0 Å². The van der Waals surface area contributed by atoms with E-state index in [0.29, 0.717) is 0 Å². The molecule has 21 heavy (non-hydrogen) atoms. The Morgan fingerprint density at radius 3 is 2.52 bits per heavy atom. The summed E-state index contributed by atoms with van der Waals surface area (Å²) in [7, 11) is 0. The van der Waals surface area contributed by atoms with Crippen LogP contribution in [0.5, 0.6) is 0 Å². The third-order valence-corrected chi connectivity index (χ3v) is 4.34. The Bertz CT molecular complexity index is 710. The van der Waals surface area contributed by atoms with Gasteiger partial charge in [-0.1, -0.05) is 54.6 Å². The van der Waals surface area contributed by atoms with Gasteiger partial charge in [-0.2, -0.15) is 0 Å². The Kier molecular flexibility index (Phi) is 2.61. The third kappa shape index (κ3) is 1.64. The number of benzene rings is 2. The lowest BCUT2D eigenvalue weighted by Gasteiger charge is -2.21. The Morgan fingerprint density at radius 1 is 1.05 bits per heavy atom. The van der Waals surface area contributed by atoms with Crippen molar-refractivity contribution >= 4 is 11.8 Å². The lowest BCUT2D eigenvalue weighted by molar-refractivity contribution is 0.130. The number of hydrogen-bond donors (Lipinski definition) is 0. The van der Waals surface area contributed by atoms with Crippen LogP contribution in [-0.4, -0.2) is 12.1 Å². The number of para-hydroxylation sites is 1. The van der Waals surface area contributed by atoms with E-state index >= 15 is 0 Å².